The molecule has 0 aliphatic carbocycles. The lowest BCUT2D eigenvalue weighted by atomic mass is 10.2. The molecule has 0 spiro atoms. The van der Waals surface area contributed by atoms with Gasteiger partial charge in [-0.2, -0.15) is 0 Å². The van der Waals surface area contributed by atoms with E-state index in [2.05, 4.69) is 25.9 Å². The lowest BCUT2D eigenvalue weighted by Crippen LogP contribution is -2.45. The van der Waals surface area contributed by atoms with E-state index in [0.717, 1.165) is 11.0 Å². The lowest BCUT2D eigenvalue weighted by Gasteiger charge is -2.30. The largest absolute Gasteiger partial charge is 0.438 e. The fourth-order valence-corrected chi connectivity index (χ4v) is 1.23. The molecule has 1 saturated heterocycles. The van der Waals surface area contributed by atoms with Gasteiger partial charge in [0, 0.05) is 0 Å². The Hall–Kier alpha value is -0.610. The predicted octanol–water partition coefficient (Wildman–Crippen LogP) is -0.0178. The van der Waals surface area contributed by atoms with Gasteiger partial charge in [-0.3, -0.25) is 4.79 Å². The fourth-order valence-electron chi connectivity index (χ4n) is 1.23. The Morgan fingerprint density at radius 3 is 2.67 bits per heavy atom. The van der Waals surface area contributed by atoms with Gasteiger partial charge in [-0.25, -0.2) is 0 Å². The molecule has 0 aromatic rings. The van der Waals surface area contributed by atoms with Crippen LogP contribution < -0.4 is 0 Å². The normalized spacial score (nSPS) is 25.2. The van der Waals surface area contributed by atoms with Crippen molar-refractivity contribution in [1.82, 2.24) is 0 Å². The molecule has 4 nitrogen and oxygen atoms in total. The summed E-state index contributed by atoms with van der Waals surface area (Å²) in [6.07, 6.45) is 0.404. The van der Waals surface area contributed by atoms with Crippen molar-refractivity contribution in [3.8, 4) is 0 Å². The molecule has 1 aliphatic heterocycles. The van der Waals surface area contributed by atoms with E-state index in [-0.39, 0.29) is 18.9 Å². The van der Waals surface area contributed by atoms with Crippen LogP contribution in [-0.2, 0) is 14.3 Å². The first kappa shape index (κ1) is 9.48. The molecular weight excluding hydrogens is 158 g/mol. The van der Waals surface area contributed by atoms with Gasteiger partial charge in [0.1, 0.15) is 12.6 Å². The van der Waals surface area contributed by atoms with Crippen LogP contribution in [0.3, 0.4) is 0 Å². The van der Waals surface area contributed by atoms with Crippen molar-refractivity contribution >= 4 is 5.97 Å². The summed E-state index contributed by atoms with van der Waals surface area (Å²) >= 11 is 0. The molecule has 0 radical (unpaired) electrons. The molecular formula is C8H16NO3+. The molecule has 0 saturated carbocycles. The number of rotatable bonds is 2. The monoisotopic (exact) mass is 174 g/mol. The van der Waals surface area contributed by atoms with Gasteiger partial charge >= 0.3 is 5.97 Å². The van der Waals surface area contributed by atoms with Crippen LogP contribution in [0, 0.1) is 0 Å². The van der Waals surface area contributed by atoms with Crippen LogP contribution in [0.4, 0.5) is 0 Å². The number of esters is 1. The highest BCUT2D eigenvalue weighted by atomic mass is 16.7. The van der Waals surface area contributed by atoms with Crippen molar-refractivity contribution in [2.45, 2.75) is 12.5 Å². The topological polar surface area (TPSA) is 35.5 Å². The highest BCUT2D eigenvalue weighted by Crippen LogP contribution is 2.10. The number of likely N-dealkylation sites (N-methyl/N-ethyl adjacent to an activating group) is 1. The van der Waals surface area contributed by atoms with Crippen molar-refractivity contribution < 1.29 is 18.8 Å². The van der Waals surface area contributed by atoms with Gasteiger partial charge in [0.05, 0.1) is 27.6 Å². The summed E-state index contributed by atoms with van der Waals surface area (Å²) < 4.78 is 10.7. The minimum absolute atomic E-state index is 0.0197. The third-order valence-corrected chi connectivity index (χ3v) is 1.67. The Kier molecular flexibility index (Phi) is 2.69. The van der Waals surface area contributed by atoms with Crippen LogP contribution in [0.5, 0.6) is 0 Å². The SMILES string of the molecule is C[N+](C)(C)CC1CC(=O)OCO1. The van der Waals surface area contributed by atoms with E-state index in [1.807, 2.05) is 0 Å². The molecule has 0 aromatic heterocycles. The minimum Gasteiger partial charge on any atom is -0.438 e. The number of quaternary nitrogens is 1. The van der Waals surface area contributed by atoms with Gasteiger partial charge in [0.2, 0.25) is 0 Å². The summed E-state index contributed by atoms with van der Waals surface area (Å²) in [5.74, 6) is -0.153. The Bertz CT molecular complexity index is 174. The molecule has 1 atom stereocenters. The molecule has 1 aliphatic rings. The van der Waals surface area contributed by atoms with Gasteiger partial charge < -0.3 is 14.0 Å². The van der Waals surface area contributed by atoms with E-state index in [0.29, 0.717) is 6.42 Å². The first-order valence-corrected chi connectivity index (χ1v) is 4.05. The number of carbonyl (C=O) groups excluding carboxylic acids is 1. The quantitative estimate of drug-likeness (QED) is 0.436. The summed E-state index contributed by atoms with van der Waals surface area (Å²) in [4.78, 5) is 10.9. The fraction of sp³-hybridized carbons (Fsp3) is 0.875. The minimum atomic E-state index is -0.153. The summed E-state index contributed by atoms with van der Waals surface area (Å²) in [7, 11) is 6.22. The number of cyclic esters (lactones) is 1. The van der Waals surface area contributed by atoms with Gasteiger partial charge in [-0.05, 0) is 0 Å². The van der Waals surface area contributed by atoms with Crippen LogP contribution in [0.1, 0.15) is 6.42 Å². The van der Waals surface area contributed by atoms with Gasteiger partial charge in [0.25, 0.3) is 0 Å². The molecule has 0 bridgehead atoms. The number of nitrogens with zero attached hydrogens (tertiary/aromatic N) is 1. The second kappa shape index (κ2) is 3.41. The van der Waals surface area contributed by atoms with E-state index >= 15 is 0 Å². The zero-order valence-corrected chi connectivity index (χ0v) is 7.87. The van der Waals surface area contributed by atoms with E-state index in [9.17, 15) is 4.79 Å². The Morgan fingerprint density at radius 1 is 1.50 bits per heavy atom. The molecule has 0 N–H and O–H groups in total. The van der Waals surface area contributed by atoms with Crippen molar-refractivity contribution in [1.29, 1.82) is 0 Å². The zero-order chi connectivity index (χ0) is 9.19. The summed E-state index contributed by atoms with van der Waals surface area (Å²) in [6.45, 7) is 0.957. The van der Waals surface area contributed by atoms with E-state index in [1.54, 1.807) is 0 Å². The van der Waals surface area contributed by atoms with E-state index in [1.165, 1.54) is 0 Å². The third-order valence-electron chi connectivity index (χ3n) is 1.67. The van der Waals surface area contributed by atoms with Crippen molar-refractivity contribution in [2.24, 2.45) is 0 Å². The predicted molar refractivity (Wildman–Crippen MR) is 43.3 cm³/mol. The maximum absolute atomic E-state index is 10.9. The second-order valence-corrected chi connectivity index (χ2v) is 4.10. The Morgan fingerprint density at radius 2 is 2.17 bits per heavy atom. The van der Waals surface area contributed by atoms with Crippen molar-refractivity contribution in [3.63, 3.8) is 0 Å². The van der Waals surface area contributed by atoms with Crippen LogP contribution in [0.25, 0.3) is 0 Å². The third kappa shape index (κ3) is 3.19. The van der Waals surface area contributed by atoms with Crippen LogP contribution in [0.15, 0.2) is 0 Å². The van der Waals surface area contributed by atoms with Gasteiger partial charge in [-0.15, -0.1) is 0 Å². The molecule has 1 unspecified atom stereocenters. The van der Waals surface area contributed by atoms with E-state index in [4.69, 9.17) is 4.74 Å². The van der Waals surface area contributed by atoms with Crippen molar-refractivity contribution in [2.75, 3.05) is 34.5 Å². The maximum Gasteiger partial charge on any atom is 0.310 e. The highest BCUT2D eigenvalue weighted by Gasteiger charge is 2.26. The second-order valence-electron chi connectivity index (χ2n) is 4.10. The van der Waals surface area contributed by atoms with Crippen LogP contribution >= 0.6 is 0 Å². The molecule has 4 heteroatoms. The van der Waals surface area contributed by atoms with E-state index < -0.39 is 0 Å². The number of hydrogen-bond donors (Lipinski definition) is 0. The Labute approximate surface area is 72.6 Å². The summed E-state index contributed by atoms with van der Waals surface area (Å²) in [6, 6.07) is 0. The molecule has 12 heavy (non-hydrogen) atoms. The van der Waals surface area contributed by atoms with Crippen LogP contribution in [0.2, 0.25) is 0 Å². The lowest BCUT2D eigenvalue weighted by molar-refractivity contribution is -0.873. The summed E-state index contributed by atoms with van der Waals surface area (Å²) in [5, 5.41) is 0. The van der Waals surface area contributed by atoms with Crippen LogP contribution in [-0.4, -0.2) is 51.0 Å². The average Bonchev–Trinajstić information content (AvgIpc) is 1.82. The first-order valence-electron chi connectivity index (χ1n) is 4.05. The average molecular weight is 174 g/mol. The van der Waals surface area contributed by atoms with Crippen molar-refractivity contribution in [3.05, 3.63) is 0 Å². The molecule has 1 fully saturated rings. The maximum atomic E-state index is 10.9. The summed E-state index contributed by atoms with van der Waals surface area (Å²) in [5.41, 5.74) is 0. The van der Waals surface area contributed by atoms with Gasteiger partial charge in [0.15, 0.2) is 6.79 Å². The molecule has 70 valence electrons. The molecule has 1 rings (SSSR count). The molecule has 0 aromatic carbocycles. The Balaban J connectivity index is 2.37. The zero-order valence-electron chi connectivity index (χ0n) is 7.87. The van der Waals surface area contributed by atoms with Gasteiger partial charge in [-0.1, -0.05) is 0 Å². The molecule has 1 heterocycles. The number of hydrogen-bond acceptors (Lipinski definition) is 3. The highest BCUT2D eigenvalue weighted by molar-refractivity contribution is 5.70. The standard InChI is InChI=1S/C8H16NO3/c1-9(2,3)5-7-4-8(10)12-6-11-7/h7H,4-6H2,1-3H3/q+1. The molecule has 0 amide bonds. The first-order chi connectivity index (χ1) is 5.47. The smallest absolute Gasteiger partial charge is 0.310 e. The number of ether oxygens (including phenoxy) is 2. The number of carbonyl (C=O) groups is 1.